The number of benzene rings is 1. The van der Waals surface area contributed by atoms with Gasteiger partial charge < -0.3 is 16.2 Å². The summed E-state index contributed by atoms with van der Waals surface area (Å²) in [5, 5.41) is 12.0. The molecular weight excluding hydrogens is 228 g/mol. The molecule has 0 unspecified atom stereocenters. The first kappa shape index (κ1) is 14.5. The van der Waals surface area contributed by atoms with Gasteiger partial charge in [-0.15, -0.1) is 0 Å². The number of hydrogen-bond donors (Lipinski definition) is 3. The summed E-state index contributed by atoms with van der Waals surface area (Å²) >= 11 is 0. The minimum atomic E-state index is -0.502. The van der Waals surface area contributed by atoms with Crippen LogP contribution >= 0.6 is 0 Å². The van der Waals surface area contributed by atoms with E-state index in [9.17, 15) is 4.79 Å². The van der Waals surface area contributed by atoms with E-state index >= 15 is 0 Å². The Bertz CT molecular complexity index is 393. The van der Waals surface area contributed by atoms with Crippen LogP contribution in [0.4, 0.5) is 0 Å². The molecule has 0 fully saturated rings. The Kier molecular flexibility index (Phi) is 4.73. The van der Waals surface area contributed by atoms with E-state index in [1.54, 1.807) is 12.1 Å². The predicted octanol–water partition coefficient (Wildman–Crippen LogP) is 1.42. The van der Waals surface area contributed by atoms with Crippen molar-refractivity contribution in [1.29, 1.82) is 0 Å². The van der Waals surface area contributed by atoms with Crippen LogP contribution in [0.25, 0.3) is 0 Å². The first-order valence-electron chi connectivity index (χ1n) is 6.12. The van der Waals surface area contributed by atoms with Crippen molar-refractivity contribution in [1.82, 2.24) is 5.32 Å². The van der Waals surface area contributed by atoms with Gasteiger partial charge in [0.1, 0.15) is 5.75 Å². The predicted molar refractivity (Wildman–Crippen MR) is 72.3 cm³/mol. The van der Waals surface area contributed by atoms with E-state index in [1.165, 1.54) is 0 Å². The quantitative estimate of drug-likeness (QED) is 0.756. The van der Waals surface area contributed by atoms with E-state index < -0.39 is 6.04 Å². The monoisotopic (exact) mass is 250 g/mol. The highest BCUT2D eigenvalue weighted by molar-refractivity contribution is 5.82. The van der Waals surface area contributed by atoms with Gasteiger partial charge >= 0.3 is 0 Å². The van der Waals surface area contributed by atoms with Crippen molar-refractivity contribution in [2.45, 2.75) is 33.2 Å². The van der Waals surface area contributed by atoms with Crippen molar-refractivity contribution >= 4 is 5.91 Å². The second-order valence-electron chi connectivity index (χ2n) is 5.55. The lowest BCUT2D eigenvalue weighted by molar-refractivity contribution is -0.124. The number of nitrogens with two attached hydrogens (primary N) is 1. The molecule has 4 nitrogen and oxygen atoms in total. The van der Waals surface area contributed by atoms with Crippen molar-refractivity contribution in [3.63, 3.8) is 0 Å². The minimum Gasteiger partial charge on any atom is -0.508 e. The lowest BCUT2D eigenvalue weighted by atomic mass is 9.87. The SMILES string of the molecule is CC(C)(C)[C@H](N)C(=O)NCCc1ccc(O)cc1. The van der Waals surface area contributed by atoms with Crippen LogP contribution in [0.3, 0.4) is 0 Å². The van der Waals surface area contributed by atoms with Gasteiger partial charge in [0, 0.05) is 6.54 Å². The van der Waals surface area contributed by atoms with E-state index in [0.717, 1.165) is 12.0 Å². The number of carbonyl (C=O) groups is 1. The highest BCUT2D eigenvalue weighted by atomic mass is 16.3. The molecule has 1 rings (SSSR count). The number of nitrogens with one attached hydrogen (secondary N) is 1. The maximum atomic E-state index is 11.8. The molecule has 0 aliphatic rings. The highest BCUT2D eigenvalue weighted by Gasteiger charge is 2.26. The number of phenols is 1. The topological polar surface area (TPSA) is 75.4 Å². The molecule has 1 amide bonds. The zero-order chi connectivity index (χ0) is 13.8. The Morgan fingerprint density at radius 3 is 2.39 bits per heavy atom. The Balaban J connectivity index is 2.38. The Morgan fingerprint density at radius 2 is 1.89 bits per heavy atom. The van der Waals surface area contributed by atoms with E-state index in [2.05, 4.69) is 5.32 Å². The summed E-state index contributed by atoms with van der Waals surface area (Å²) in [7, 11) is 0. The molecule has 1 aromatic rings. The Labute approximate surface area is 108 Å². The van der Waals surface area contributed by atoms with Crippen LogP contribution in [0, 0.1) is 5.41 Å². The van der Waals surface area contributed by atoms with Gasteiger partial charge in [0.05, 0.1) is 6.04 Å². The van der Waals surface area contributed by atoms with E-state index in [4.69, 9.17) is 10.8 Å². The maximum absolute atomic E-state index is 11.8. The molecule has 0 radical (unpaired) electrons. The third kappa shape index (κ3) is 4.37. The summed E-state index contributed by atoms with van der Waals surface area (Å²) in [6.07, 6.45) is 0.725. The smallest absolute Gasteiger partial charge is 0.237 e. The third-order valence-corrected chi connectivity index (χ3v) is 2.86. The lowest BCUT2D eigenvalue weighted by Crippen LogP contribution is -2.48. The largest absolute Gasteiger partial charge is 0.508 e. The van der Waals surface area contributed by atoms with Crippen LogP contribution in [0.1, 0.15) is 26.3 Å². The number of amides is 1. The lowest BCUT2D eigenvalue weighted by Gasteiger charge is -2.25. The van der Waals surface area contributed by atoms with Gasteiger partial charge in [-0.05, 0) is 29.5 Å². The molecule has 18 heavy (non-hydrogen) atoms. The van der Waals surface area contributed by atoms with Crippen molar-refractivity contribution < 1.29 is 9.90 Å². The first-order valence-corrected chi connectivity index (χ1v) is 6.12. The number of hydrogen-bond acceptors (Lipinski definition) is 3. The summed E-state index contributed by atoms with van der Waals surface area (Å²) in [5.41, 5.74) is 6.68. The van der Waals surface area contributed by atoms with E-state index in [-0.39, 0.29) is 17.1 Å². The summed E-state index contributed by atoms with van der Waals surface area (Å²) < 4.78 is 0. The maximum Gasteiger partial charge on any atom is 0.237 e. The van der Waals surface area contributed by atoms with Gasteiger partial charge in [-0.2, -0.15) is 0 Å². The Hall–Kier alpha value is -1.55. The number of carbonyl (C=O) groups excluding carboxylic acids is 1. The van der Waals surface area contributed by atoms with Crippen molar-refractivity contribution in [2.75, 3.05) is 6.54 Å². The van der Waals surface area contributed by atoms with Crippen LogP contribution in [0.15, 0.2) is 24.3 Å². The second kappa shape index (κ2) is 5.87. The Morgan fingerprint density at radius 1 is 1.33 bits per heavy atom. The molecule has 0 saturated heterocycles. The van der Waals surface area contributed by atoms with Gasteiger partial charge in [-0.1, -0.05) is 32.9 Å². The van der Waals surface area contributed by atoms with Crippen molar-refractivity contribution in [3.05, 3.63) is 29.8 Å². The highest BCUT2D eigenvalue weighted by Crippen LogP contribution is 2.17. The van der Waals surface area contributed by atoms with Crippen LogP contribution in [0.2, 0.25) is 0 Å². The minimum absolute atomic E-state index is 0.124. The average molecular weight is 250 g/mol. The molecule has 0 aromatic heterocycles. The number of aromatic hydroxyl groups is 1. The molecule has 0 heterocycles. The van der Waals surface area contributed by atoms with Gasteiger partial charge in [-0.3, -0.25) is 4.79 Å². The molecule has 0 spiro atoms. The fraction of sp³-hybridized carbons (Fsp3) is 0.500. The zero-order valence-electron chi connectivity index (χ0n) is 11.2. The molecule has 0 saturated carbocycles. The molecule has 1 aromatic carbocycles. The van der Waals surface area contributed by atoms with Gasteiger partial charge in [0.15, 0.2) is 0 Å². The standard InChI is InChI=1S/C14H22N2O2/c1-14(2,3)12(15)13(18)16-9-8-10-4-6-11(17)7-5-10/h4-7,12,17H,8-9,15H2,1-3H3,(H,16,18)/t12-/m1/s1. The molecule has 0 aliphatic carbocycles. The second-order valence-corrected chi connectivity index (χ2v) is 5.55. The first-order chi connectivity index (χ1) is 8.30. The number of rotatable bonds is 4. The van der Waals surface area contributed by atoms with Gasteiger partial charge in [0.25, 0.3) is 0 Å². The fourth-order valence-corrected chi connectivity index (χ4v) is 1.50. The molecule has 4 N–H and O–H groups in total. The zero-order valence-corrected chi connectivity index (χ0v) is 11.2. The molecule has 1 atom stereocenters. The van der Waals surface area contributed by atoms with Crippen LogP contribution in [0.5, 0.6) is 5.75 Å². The van der Waals surface area contributed by atoms with Crippen LogP contribution in [-0.4, -0.2) is 23.6 Å². The van der Waals surface area contributed by atoms with Gasteiger partial charge in [-0.25, -0.2) is 0 Å². The van der Waals surface area contributed by atoms with Crippen LogP contribution in [-0.2, 0) is 11.2 Å². The average Bonchev–Trinajstić information content (AvgIpc) is 2.29. The van der Waals surface area contributed by atoms with Gasteiger partial charge in [0.2, 0.25) is 5.91 Å². The van der Waals surface area contributed by atoms with Crippen molar-refractivity contribution in [3.8, 4) is 5.75 Å². The third-order valence-electron chi connectivity index (χ3n) is 2.86. The summed E-state index contributed by atoms with van der Waals surface area (Å²) in [6, 6.07) is 6.45. The van der Waals surface area contributed by atoms with Crippen LogP contribution < -0.4 is 11.1 Å². The number of phenolic OH excluding ortho intramolecular Hbond substituents is 1. The molecule has 100 valence electrons. The fourth-order valence-electron chi connectivity index (χ4n) is 1.50. The summed E-state index contributed by atoms with van der Waals surface area (Å²) in [6.45, 7) is 6.37. The molecular formula is C14H22N2O2. The molecule has 4 heteroatoms. The normalized spacial score (nSPS) is 13.1. The molecule has 0 bridgehead atoms. The summed E-state index contributed by atoms with van der Waals surface area (Å²) in [5.74, 6) is 0.124. The van der Waals surface area contributed by atoms with E-state index in [0.29, 0.717) is 6.54 Å². The molecule has 0 aliphatic heterocycles. The summed E-state index contributed by atoms with van der Waals surface area (Å²) in [4.78, 5) is 11.8. The van der Waals surface area contributed by atoms with Crippen molar-refractivity contribution in [2.24, 2.45) is 11.1 Å². The van der Waals surface area contributed by atoms with E-state index in [1.807, 2.05) is 32.9 Å².